The summed E-state index contributed by atoms with van der Waals surface area (Å²) in [6, 6.07) is 8.02. The molecule has 0 fully saturated rings. The molecule has 3 nitrogen and oxygen atoms in total. The lowest BCUT2D eigenvalue weighted by Gasteiger charge is -2.17. The molecule has 2 unspecified atom stereocenters. The predicted molar refractivity (Wildman–Crippen MR) is 81.0 cm³/mol. The zero-order valence-corrected chi connectivity index (χ0v) is 13.3. The standard InChI is InChI=1S/C13H19BrN2O.ClH/c1-9(8-15-3)13(17)16-10(2)11-4-6-12(14)7-5-11;/h4-7,9-10,15H,8H2,1-3H3,(H,16,17);1H. The van der Waals surface area contributed by atoms with Crippen LogP contribution in [-0.2, 0) is 4.79 Å². The summed E-state index contributed by atoms with van der Waals surface area (Å²) in [6.45, 7) is 4.60. The Bertz CT molecular complexity index is 370. The maximum atomic E-state index is 11.8. The first-order chi connectivity index (χ1) is 8.04. The van der Waals surface area contributed by atoms with E-state index in [1.54, 1.807) is 0 Å². The van der Waals surface area contributed by atoms with Crippen molar-refractivity contribution in [1.82, 2.24) is 10.6 Å². The summed E-state index contributed by atoms with van der Waals surface area (Å²) in [5.74, 6) is 0.0627. The predicted octanol–water partition coefficient (Wildman–Crippen LogP) is 2.90. The van der Waals surface area contributed by atoms with Gasteiger partial charge in [0.15, 0.2) is 0 Å². The molecular formula is C13H20BrClN2O. The SMILES string of the molecule is CNCC(C)C(=O)NC(C)c1ccc(Br)cc1.Cl. The summed E-state index contributed by atoms with van der Waals surface area (Å²) in [5, 5.41) is 6.01. The molecule has 0 aromatic heterocycles. The van der Waals surface area contributed by atoms with E-state index in [-0.39, 0.29) is 30.3 Å². The molecule has 1 aromatic rings. The molecule has 102 valence electrons. The summed E-state index contributed by atoms with van der Waals surface area (Å²) < 4.78 is 1.04. The fourth-order valence-electron chi connectivity index (χ4n) is 1.59. The van der Waals surface area contributed by atoms with E-state index in [4.69, 9.17) is 0 Å². The van der Waals surface area contributed by atoms with Crippen molar-refractivity contribution in [2.24, 2.45) is 5.92 Å². The van der Waals surface area contributed by atoms with Gasteiger partial charge in [-0.15, -0.1) is 12.4 Å². The first-order valence-electron chi connectivity index (χ1n) is 5.75. The van der Waals surface area contributed by atoms with Crippen molar-refractivity contribution in [3.8, 4) is 0 Å². The van der Waals surface area contributed by atoms with E-state index in [9.17, 15) is 4.79 Å². The third-order valence-corrected chi connectivity index (χ3v) is 3.22. The average molecular weight is 336 g/mol. The molecule has 2 atom stereocenters. The lowest BCUT2D eigenvalue weighted by atomic mass is 10.1. The van der Waals surface area contributed by atoms with Gasteiger partial charge in [-0.05, 0) is 31.7 Å². The minimum absolute atomic E-state index is 0. The highest BCUT2D eigenvalue weighted by Gasteiger charge is 2.15. The molecular weight excluding hydrogens is 316 g/mol. The van der Waals surface area contributed by atoms with Crippen molar-refractivity contribution in [3.05, 3.63) is 34.3 Å². The number of benzene rings is 1. The van der Waals surface area contributed by atoms with E-state index >= 15 is 0 Å². The largest absolute Gasteiger partial charge is 0.349 e. The Hall–Kier alpha value is -0.580. The lowest BCUT2D eigenvalue weighted by Crippen LogP contribution is -2.35. The molecule has 0 saturated heterocycles. The topological polar surface area (TPSA) is 41.1 Å². The van der Waals surface area contributed by atoms with Gasteiger partial charge >= 0.3 is 0 Å². The first kappa shape index (κ1) is 17.4. The maximum Gasteiger partial charge on any atom is 0.224 e. The quantitative estimate of drug-likeness (QED) is 0.868. The fraction of sp³-hybridized carbons (Fsp3) is 0.462. The fourth-order valence-corrected chi connectivity index (χ4v) is 1.85. The number of amides is 1. The van der Waals surface area contributed by atoms with Crippen LogP contribution in [0.3, 0.4) is 0 Å². The van der Waals surface area contributed by atoms with Gasteiger partial charge in [-0.3, -0.25) is 4.79 Å². The normalized spacial score (nSPS) is 13.3. The second-order valence-electron chi connectivity index (χ2n) is 4.24. The van der Waals surface area contributed by atoms with Crippen LogP contribution in [0.15, 0.2) is 28.7 Å². The molecule has 0 bridgehead atoms. The monoisotopic (exact) mass is 334 g/mol. The van der Waals surface area contributed by atoms with Crippen molar-refractivity contribution in [1.29, 1.82) is 0 Å². The van der Waals surface area contributed by atoms with Crippen LogP contribution in [0.25, 0.3) is 0 Å². The molecule has 1 aromatic carbocycles. The molecule has 0 spiro atoms. The molecule has 5 heteroatoms. The van der Waals surface area contributed by atoms with E-state index in [0.717, 1.165) is 10.0 Å². The van der Waals surface area contributed by atoms with Crippen LogP contribution in [0.4, 0.5) is 0 Å². The number of halogens is 2. The summed E-state index contributed by atoms with van der Waals surface area (Å²) >= 11 is 3.39. The summed E-state index contributed by atoms with van der Waals surface area (Å²) in [7, 11) is 1.85. The first-order valence-corrected chi connectivity index (χ1v) is 6.54. The van der Waals surface area contributed by atoms with E-state index in [1.165, 1.54) is 0 Å². The summed E-state index contributed by atoms with van der Waals surface area (Å²) in [6.07, 6.45) is 0. The Kier molecular flexibility index (Phi) is 8.24. The van der Waals surface area contributed by atoms with Gasteiger partial charge in [-0.25, -0.2) is 0 Å². The van der Waals surface area contributed by atoms with E-state index in [1.807, 2.05) is 45.2 Å². The highest BCUT2D eigenvalue weighted by Crippen LogP contribution is 2.16. The number of nitrogens with one attached hydrogen (secondary N) is 2. The minimum atomic E-state index is -0.0158. The molecule has 0 aliphatic carbocycles. The number of hydrogen-bond acceptors (Lipinski definition) is 2. The van der Waals surface area contributed by atoms with Crippen molar-refractivity contribution >= 4 is 34.2 Å². The Labute approximate surface area is 123 Å². The van der Waals surface area contributed by atoms with Crippen LogP contribution in [-0.4, -0.2) is 19.5 Å². The van der Waals surface area contributed by atoms with Crippen molar-refractivity contribution < 1.29 is 4.79 Å². The molecule has 0 radical (unpaired) electrons. The summed E-state index contributed by atoms with van der Waals surface area (Å²) in [4.78, 5) is 11.8. The van der Waals surface area contributed by atoms with Gasteiger partial charge in [-0.1, -0.05) is 35.0 Å². The zero-order chi connectivity index (χ0) is 12.8. The highest BCUT2D eigenvalue weighted by molar-refractivity contribution is 9.10. The molecule has 1 rings (SSSR count). The minimum Gasteiger partial charge on any atom is -0.349 e. The number of carbonyl (C=O) groups excluding carboxylic acids is 1. The van der Waals surface area contributed by atoms with Crippen LogP contribution in [0.1, 0.15) is 25.5 Å². The Morgan fingerprint density at radius 2 is 1.83 bits per heavy atom. The van der Waals surface area contributed by atoms with Gasteiger partial charge in [0.1, 0.15) is 0 Å². The van der Waals surface area contributed by atoms with Crippen LogP contribution < -0.4 is 10.6 Å². The Balaban J connectivity index is 0.00000289. The molecule has 18 heavy (non-hydrogen) atoms. The molecule has 0 heterocycles. The van der Waals surface area contributed by atoms with Gasteiger partial charge in [0, 0.05) is 16.9 Å². The van der Waals surface area contributed by atoms with E-state index in [2.05, 4.69) is 26.6 Å². The Morgan fingerprint density at radius 3 is 2.33 bits per heavy atom. The van der Waals surface area contributed by atoms with Gasteiger partial charge in [0.05, 0.1) is 6.04 Å². The van der Waals surface area contributed by atoms with E-state index in [0.29, 0.717) is 6.54 Å². The third-order valence-electron chi connectivity index (χ3n) is 2.69. The molecule has 0 aliphatic rings. The van der Waals surface area contributed by atoms with Crippen molar-refractivity contribution in [3.63, 3.8) is 0 Å². The van der Waals surface area contributed by atoms with Crippen LogP contribution in [0, 0.1) is 5.92 Å². The smallest absolute Gasteiger partial charge is 0.224 e. The van der Waals surface area contributed by atoms with Gasteiger partial charge < -0.3 is 10.6 Å². The second-order valence-corrected chi connectivity index (χ2v) is 5.16. The molecule has 0 saturated carbocycles. The third kappa shape index (κ3) is 5.38. The molecule has 0 aliphatic heterocycles. The second kappa shape index (κ2) is 8.51. The average Bonchev–Trinajstić information content (AvgIpc) is 2.30. The van der Waals surface area contributed by atoms with Crippen molar-refractivity contribution in [2.75, 3.05) is 13.6 Å². The Morgan fingerprint density at radius 1 is 1.28 bits per heavy atom. The van der Waals surface area contributed by atoms with Gasteiger partial charge in [0.2, 0.25) is 5.91 Å². The zero-order valence-electron chi connectivity index (χ0n) is 10.9. The van der Waals surface area contributed by atoms with Crippen LogP contribution in [0.2, 0.25) is 0 Å². The number of rotatable bonds is 5. The van der Waals surface area contributed by atoms with Crippen molar-refractivity contribution in [2.45, 2.75) is 19.9 Å². The number of carbonyl (C=O) groups is 1. The summed E-state index contributed by atoms with van der Waals surface area (Å²) in [5.41, 5.74) is 1.11. The van der Waals surface area contributed by atoms with E-state index < -0.39 is 0 Å². The highest BCUT2D eigenvalue weighted by atomic mass is 79.9. The molecule has 1 amide bonds. The lowest BCUT2D eigenvalue weighted by molar-refractivity contribution is -0.125. The molecule has 2 N–H and O–H groups in total. The van der Waals surface area contributed by atoms with Crippen LogP contribution >= 0.6 is 28.3 Å². The maximum absolute atomic E-state index is 11.8. The van der Waals surface area contributed by atoms with Gasteiger partial charge in [0.25, 0.3) is 0 Å². The van der Waals surface area contributed by atoms with Gasteiger partial charge in [-0.2, -0.15) is 0 Å². The number of hydrogen-bond donors (Lipinski definition) is 2. The van der Waals surface area contributed by atoms with Crippen LogP contribution in [0.5, 0.6) is 0 Å².